The van der Waals surface area contributed by atoms with Crippen LogP contribution < -0.4 is 10.6 Å². The second kappa shape index (κ2) is 10.9. The lowest BCUT2D eigenvalue weighted by Crippen LogP contribution is -2.50. The van der Waals surface area contributed by atoms with Crippen molar-refractivity contribution in [3.05, 3.63) is 36.5 Å². The monoisotopic (exact) mass is 486 g/mol. The van der Waals surface area contributed by atoms with E-state index in [1.54, 1.807) is 14.2 Å². The van der Waals surface area contributed by atoms with Crippen molar-refractivity contribution in [2.75, 3.05) is 40.5 Å². The van der Waals surface area contributed by atoms with Crippen molar-refractivity contribution in [2.45, 2.75) is 31.4 Å². The maximum absolute atomic E-state index is 5.76. The van der Waals surface area contributed by atoms with Crippen molar-refractivity contribution in [1.82, 2.24) is 15.2 Å². The van der Waals surface area contributed by atoms with E-state index in [1.807, 2.05) is 0 Å². The molecule has 7 heteroatoms. The van der Waals surface area contributed by atoms with E-state index in [0.717, 1.165) is 58.1 Å². The number of ether oxygens (including phenoxy) is 2. The van der Waals surface area contributed by atoms with Crippen LogP contribution >= 0.6 is 24.0 Å². The van der Waals surface area contributed by atoms with E-state index in [0.29, 0.717) is 0 Å². The predicted molar refractivity (Wildman–Crippen MR) is 121 cm³/mol. The quantitative estimate of drug-likeness (QED) is 0.274. The summed E-state index contributed by atoms with van der Waals surface area (Å²) in [5.74, 6) is 0.824. The van der Waals surface area contributed by atoms with Crippen molar-refractivity contribution in [3.8, 4) is 0 Å². The number of aliphatic imine (C=N–C) groups is 1. The molecule has 0 unspecified atom stereocenters. The zero-order valence-electron chi connectivity index (χ0n) is 16.2. The van der Waals surface area contributed by atoms with E-state index in [-0.39, 0.29) is 29.6 Å². The first-order chi connectivity index (χ1) is 12.8. The smallest absolute Gasteiger partial charge is 0.191 e. The molecule has 27 heavy (non-hydrogen) atoms. The Morgan fingerprint density at radius 3 is 2.74 bits per heavy atom. The average Bonchev–Trinajstić information content (AvgIpc) is 3.11. The van der Waals surface area contributed by atoms with Crippen molar-refractivity contribution in [1.29, 1.82) is 0 Å². The molecule has 6 nitrogen and oxygen atoms in total. The van der Waals surface area contributed by atoms with Gasteiger partial charge in [-0.15, -0.1) is 24.0 Å². The van der Waals surface area contributed by atoms with Gasteiger partial charge in [0.1, 0.15) is 0 Å². The van der Waals surface area contributed by atoms with E-state index in [4.69, 9.17) is 9.47 Å². The second-order valence-electron chi connectivity index (χ2n) is 6.77. The molecule has 1 aromatic carbocycles. The number of aromatic nitrogens is 1. The molecular formula is C20H31IN4O2. The lowest BCUT2D eigenvalue weighted by atomic mass is 9.94. The fourth-order valence-corrected chi connectivity index (χ4v) is 3.45. The van der Waals surface area contributed by atoms with Gasteiger partial charge in [0, 0.05) is 71.6 Å². The highest BCUT2D eigenvalue weighted by atomic mass is 127. The van der Waals surface area contributed by atoms with Crippen LogP contribution in [0.3, 0.4) is 0 Å². The van der Waals surface area contributed by atoms with Gasteiger partial charge >= 0.3 is 0 Å². The first kappa shape index (κ1) is 22.0. The zero-order valence-corrected chi connectivity index (χ0v) is 18.6. The predicted octanol–water partition coefficient (Wildman–Crippen LogP) is 3.01. The third-order valence-electron chi connectivity index (χ3n) is 5.19. The largest absolute Gasteiger partial charge is 0.381 e. The summed E-state index contributed by atoms with van der Waals surface area (Å²) < 4.78 is 13.5. The highest BCUT2D eigenvalue weighted by molar-refractivity contribution is 14.0. The summed E-state index contributed by atoms with van der Waals surface area (Å²) in [6.45, 7) is 4.11. The molecule has 2 heterocycles. The molecule has 2 N–H and O–H groups in total. The Morgan fingerprint density at radius 1 is 1.22 bits per heavy atom. The lowest BCUT2D eigenvalue weighted by molar-refractivity contribution is -0.0855. The van der Waals surface area contributed by atoms with Crippen LogP contribution in [0.1, 0.15) is 19.3 Å². The highest BCUT2D eigenvalue weighted by Gasteiger charge is 2.32. The highest BCUT2D eigenvalue weighted by Crippen LogP contribution is 2.23. The number of rotatable bonds is 7. The molecule has 0 aliphatic carbocycles. The number of halogens is 1. The number of guanidine groups is 1. The molecule has 0 radical (unpaired) electrons. The van der Waals surface area contributed by atoms with Crippen LogP contribution in [-0.2, 0) is 16.0 Å². The molecule has 0 saturated carbocycles. The number of para-hydroxylation sites is 1. The van der Waals surface area contributed by atoms with Gasteiger partial charge in [-0.05, 0) is 23.9 Å². The van der Waals surface area contributed by atoms with E-state index in [9.17, 15) is 0 Å². The molecule has 1 aliphatic rings. The molecule has 2 aromatic rings. The van der Waals surface area contributed by atoms with Crippen molar-refractivity contribution in [2.24, 2.45) is 4.99 Å². The van der Waals surface area contributed by atoms with Crippen LogP contribution in [0.2, 0.25) is 0 Å². The van der Waals surface area contributed by atoms with Crippen molar-refractivity contribution in [3.63, 3.8) is 0 Å². The summed E-state index contributed by atoms with van der Waals surface area (Å²) >= 11 is 0. The van der Waals surface area contributed by atoms with Gasteiger partial charge in [0.05, 0.1) is 5.60 Å². The van der Waals surface area contributed by atoms with Crippen LogP contribution in [0.15, 0.2) is 41.5 Å². The molecule has 1 aromatic heterocycles. The van der Waals surface area contributed by atoms with Gasteiger partial charge in [0.2, 0.25) is 0 Å². The molecule has 150 valence electrons. The molecular weight excluding hydrogens is 455 g/mol. The third kappa shape index (κ3) is 5.83. The Morgan fingerprint density at radius 2 is 2.00 bits per heavy atom. The number of benzene rings is 1. The van der Waals surface area contributed by atoms with Gasteiger partial charge in [-0.3, -0.25) is 4.99 Å². The van der Waals surface area contributed by atoms with Crippen molar-refractivity contribution >= 4 is 40.8 Å². The first-order valence-electron chi connectivity index (χ1n) is 9.38. The molecule has 1 aliphatic heterocycles. The van der Waals surface area contributed by atoms with E-state index in [2.05, 4.69) is 56.7 Å². The average molecular weight is 486 g/mol. The molecule has 0 atom stereocenters. The van der Waals surface area contributed by atoms with Gasteiger partial charge in [-0.25, -0.2) is 0 Å². The minimum atomic E-state index is -0.153. The summed E-state index contributed by atoms with van der Waals surface area (Å²) in [6.07, 6.45) is 5.01. The Bertz CT molecular complexity index is 726. The fraction of sp³-hybridized carbons (Fsp3) is 0.550. The first-order valence-corrected chi connectivity index (χ1v) is 9.38. The summed E-state index contributed by atoms with van der Waals surface area (Å²) in [5.41, 5.74) is 1.14. The number of aryl methyl sites for hydroxylation is 1. The minimum absolute atomic E-state index is 0. The molecule has 0 amide bonds. The number of nitrogens with zero attached hydrogens (tertiary/aromatic N) is 2. The summed E-state index contributed by atoms with van der Waals surface area (Å²) in [5, 5.41) is 8.10. The number of hydrogen-bond donors (Lipinski definition) is 2. The SMILES string of the molecule is CN=C(NCCCn1ccc2ccccc21)NCC1(OC)CCOCC1.I. The summed E-state index contributed by atoms with van der Waals surface area (Å²) in [7, 11) is 3.59. The zero-order chi connectivity index (χ0) is 18.2. The standard InChI is InChI=1S/C20H30N4O2.HI/c1-21-19(23-16-20(25-2)9-14-26-15-10-20)22-11-5-12-24-13-8-17-6-3-4-7-18(17)24;/h3-4,6-8,13H,5,9-12,14-16H2,1-2H3,(H2,21,22,23);1H. The molecule has 0 bridgehead atoms. The van der Waals surface area contributed by atoms with Gasteiger partial charge in [-0.1, -0.05) is 18.2 Å². The van der Waals surface area contributed by atoms with E-state index in [1.165, 1.54) is 10.9 Å². The second-order valence-corrected chi connectivity index (χ2v) is 6.77. The van der Waals surface area contributed by atoms with Crippen LogP contribution in [0.5, 0.6) is 0 Å². The van der Waals surface area contributed by atoms with Crippen LogP contribution in [-0.4, -0.2) is 56.6 Å². The van der Waals surface area contributed by atoms with Crippen molar-refractivity contribution < 1.29 is 9.47 Å². The number of hydrogen-bond acceptors (Lipinski definition) is 3. The Labute approximate surface area is 178 Å². The van der Waals surface area contributed by atoms with E-state index < -0.39 is 0 Å². The number of nitrogens with one attached hydrogen (secondary N) is 2. The lowest BCUT2D eigenvalue weighted by Gasteiger charge is -2.36. The van der Waals surface area contributed by atoms with Crippen LogP contribution in [0.4, 0.5) is 0 Å². The Hall–Kier alpha value is -1.32. The third-order valence-corrected chi connectivity index (χ3v) is 5.19. The maximum atomic E-state index is 5.76. The Kier molecular flexibility index (Phi) is 8.85. The molecule has 0 spiro atoms. The van der Waals surface area contributed by atoms with Gasteiger partial charge in [0.25, 0.3) is 0 Å². The van der Waals surface area contributed by atoms with Gasteiger partial charge < -0.3 is 24.7 Å². The topological polar surface area (TPSA) is 59.8 Å². The number of methoxy groups -OCH3 is 1. The van der Waals surface area contributed by atoms with Crippen LogP contribution in [0.25, 0.3) is 10.9 Å². The molecule has 1 fully saturated rings. The number of fused-ring (bicyclic) bond motifs is 1. The Balaban J connectivity index is 0.00000261. The summed E-state index contributed by atoms with van der Waals surface area (Å²) in [6, 6.07) is 10.7. The summed E-state index contributed by atoms with van der Waals surface area (Å²) in [4.78, 5) is 4.32. The maximum Gasteiger partial charge on any atom is 0.191 e. The van der Waals surface area contributed by atoms with Crippen LogP contribution in [0, 0.1) is 0 Å². The molecule has 1 saturated heterocycles. The fourth-order valence-electron chi connectivity index (χ4n) is 3.45. The normalized spacial score (nSPS) is 16.7. The van der Waals surface area contributed by atoms with Gasteiger partial charge in [0.15, 0.2) is 5.96 Å². The minimum Gasteiger partial charge on any atom is -0.381 e. The van der Waals surface area contributed by atoms with Gasteiger partial charge in [-0.2, -0.15) is 0 Å². The van der Waals surface area contributed by atoms with E-state index >= 15 is 0 Å². The molecule has 3 rings (SSSR count).